The van der Waals surface area contributed by atoms with Crippen LogP contribution in [0.2, 0.25) is 0 Å². The standard InChI is InChI=1S/C31H33N3O2/c1-3-20-36-30-15-9-14-28-27(30)21-29(34(28)23-26-13-8-7-10-24(26)2)31(35)33-18-16-32(17-19-33)22-25-11-5-4-6-12-25/h3-15,21H,1,16-20,22-23H2,2H3. The third-order valence-corrected chi connectivity index (χ3v) is 6.98. The highest BCUT2D eigenvalue weighted by Crippen LogP contribution is 2.31. The maximum absolute atomic E-state index is 13.9. The number of aromatic nitrogens is 1. The van der Waals surface area contributed by atoms with Gasteiger partial charge in [0.25, 0.3) is 5.91 Å². The molecule has 0 saturated carbocycles. The molecular formula is C31H33N3O2. The lowest BCUT2D eigenvalue weighted by Gasteiger charge is -2.35. The number of carbonyl (C=O) groups excluding carboxylic acids is 1. The number of fused-ring (bicyclic) bond motifs is 1. The minimum Gasteiger partial charge on any atom is -0.489 e. The zero-order valence-electron chi connectivity index (χ0n) is 20.9. The predicted octanol–water partition coefficient (Wildman–Crippen LogP) is 5.52. The molecule has 2 heterocycles. The number of hydrogen-bond acceptors (Lipinski definition) is 3. The van der Waals surface area contributed by atoms with E-state index in [2.05, 4.69) is 77.6 Å². The molecule has 0 radical (unpaired) electrons. The van der Waals surface area contributed by atoms with E-state index in [1.165, 1.54) is 16.7 Å². The van der Waals surface area contributed by atoms with Gasteiger partial charge in [-0.15, -0.1) is 0 Å². The molecule has 3 aromatic carbocycles. The Bertz CT molecular complexity index is 1350. The first-order chi connectivity index (χ1) is 17.6. The van der Waals surface area contributed by atoms with Gasteiger partial charge in [0.05, 0.1) is 5.52 Å². The molecular weight excluding hydrogens is 446 g/mol. The fourth-order valence-corrected chi connectivity index (χ4v) is 4.95. The highest BCUT2D eigenvalue weighted by molar-refractivity contribution is 6.00. The third-order valence-electron chi connectivity index (χ3n) is 6.98. The van der Waals surface area contributed by atoms with E-state index >= 15 is 0 Å². The van der Waals surface area contributed by atoms with Crippen molar-refractivity contribution in [1.82, 2.24) is 14.4 Å². The van der Waals surface area contributed by atoms with Gasteiger partial charge in [0.1, 0.15) is 18.1 Å². The van der Waals surface area contributed by atoms with Crippen LogP contribution >= 0.6 is 0 Å². The topological polar surface area (TPSA) is 37.7 Å². The zero-order valence-corrected chi connectivity index (χ0v) is 20.9. The van der Waals surface area contributed by atoms with Crippen molar-refractivity contribution >= 4 is 16.8 Å². The largest absolute Gasteiger partial charge is 0.489 e. The number of aryl methyl sites for hydroxylation is 1. The molecule has 184 valence electrons. The Kier molecular flexibility index (Phi) is 7.19. The molecule has 0 aliphatic carbocycles. The van der Waals surface area contributed by atoms with Crippen LogP contribution in [0.25, 0.3) is 10.9 Å². The minimum atomic E-state index is 0.0776. The molecule has 1 fully saturated rings. The molecule has 4 aromatic rings. The summed E-state index contributed by atoms with van der Waals surface area (Å²) in [5.41, 5.74) is 5.44. The van der Waals surface area contributed by atoms with Crippen molar-refractivity contribution in [2.75, 3.05) is 32.8 Å². The molecule has 0 unspecified atom stereocenters. The molecule has 1 saturated heterocycles. The number of carbonyl (C=O) groups is 1. The number of ether oxygens (including phenoxy) is 1. The number of hydrogen-bond donors (Lipinski definition) is 0. The second-order valence-corrected chi connectivity index (χ2v) is 9.38. The van der Waals surface area contributed by atoms with Gasteiger partial charge in [0.2, 0.25) is 0 Å². The minimum absolute atomic E-state index is 0.0776. The first kappa shape index (κ1) is 23.9. The van der Waals surface area contributed by atoms with Crippen molar-refractivity contribution in [1.29, 1.82) is 0 Å². The van der Waals surface area contributed by atoms with Gasteiger partial charge >= 0.3 is 0 Å². The predicted molar refractivity (Wildman–Crippen MR) is 146 cm³/mol. The molecule has 0 atom stereocenters. The Hall–Kier alpha value is -3.83. The monoisotopic (exact) mass is 479 g/mol. The highest BCUT2D eigenvalue weighted by Gasteiger charge is 2.26. The van der Waals surface area contributed by atoms with E-state index in [4.69, 9.17) is 4.74 Å². The lowest BCUT2D eigenvalue weighted by Crippen LogP contribution is -2.48. The molecule has 1 aliphatic rings. The van der Waals surface area contributed by atoms with Gasteiger partial charge in [0, 0.05) is 44.7 Å². The molecule has 5 rings (SSSR count). The number of rotatable bonds is 8. The van der Waals surface area contributed by atoms with Crippen LogP contribution in [-0.4, -0.2) is 53.1 Å². The van der Waals surface area contributed by atoms with E-state index in [1.54, 1.807) is 6.08 Å². The number of benzene rings is 3. The van der Waals surface area contributed by atoms with Gasteiger partial charge in [-0.05, 0) is 41.8 Å². The van der Waals surface area contributed by atoms with Crippen molar-refractivity contribution in [3.63, 3.8) is 0 Å². The maximum Gasteiger partial charge on any atom is 0.270 e. The van der Waals surface area contributed by atoms with Crippen LogP contribution in [0.15, 0.2) is 91.5 Å². The smallest absolute Gasteiger partial charge is 0.270 e. The van der Waals surface area contributed by atoms with Crippen LogP contribution in [0.1, 0.15) is 27.2 Å². The summed E-state index contributed by atoms with van der Waals surface area (Å²) in [5.74, 6) is 0.853. The molecule has 0 N–H and O–H groups in total. The molecule has 36 heavy (non-hydrogen) atoms. The molecule has 1 amide bonds. The Morgan fingerprint density at radius 2 is 1.67 bits per heavy atom. The SMILES string of the molecule is C=CCOc1cccc2c1cc(C(=O)N1CCN(Cc3ccccc3)CC1)n2Cc1ccccc1C. The van der Waals surface area contributed by atoms with E-state index in [1.807, 2.05) is 29.2 Å². The van der Waals surface area contributed by atoms with E-state index in [0.717, 1.165) is 49.4 Å². The van der Waals surface area contributed by atoms with Crippen LogP contribution in [0, 0.1) is 6.92 Å². The lowest BCUT2D eigenvalue weighted by atomic mass is 10.1. The highest BCUT2D eigenvalue weighted by atomic mass is 16.5. The second kappa shape index (κ2) is 10.8. The Morgan fingerprint density at radius 1 is 0.917 bits per heavy atom. The number of piperazine rings is 1. The quantitative estimate of drug-likeness (QED) is 0.312. The first-order valence-corrected chi connectivity index (χ1v) is 12.6. The Labute approximate surface area is 213 Å². The average Bonchev–Trinajstić information content (AvgIpc) is 3.28. The summed E-state index contributed by atoms with van der Waals surface area (Å²) in [5, 5.41) is 0.957. The van der Waals surface area contributed by atoms with Gasteiger partial charge in [-0.25, -0.2) is 0 Å². The van der Waals surface area contributed by atoms with Crippen molar-refractivity contribution < 1.29 is 9.53 Å². The summed E-state index contributed by atoms with van der Waals surface area (Å²) < 4.78 is 8.09. The Balaban J connectivity index is 1.42. The van der Waals surface area contributed by atoms with Crippen LogP contribution in [0.5, 0.6) is 5.75 Å². The number of nitrogens with zero attached hydrogens (tertiary/aromatic N) is 3. The summed E-state index contributed by atoms with van der Waals surface area (Å²) in [6.07, 6.45) is 1.74. The van der Waals surface area contributed by atoms with Crippen molar-refractivity contribution in [3.8, 4) is 5.75 Å². The number of amides is 1. The summed E-state index contributed by atoms with van der Waals surface area (Å²) >= 11 is 0. The maximum atomic E-state index is 13.9. The van der Waals surface area contributed by atoms with E-state index < -0.39 is 0 Å². The molecule has 0 bridgehead atoms. The molecule has 1 aromatic heterocycles. The fourth-order valence-electron chi connectivity index (χ4n) is 4.95. The van der Waals surface area contributed by atoms with Gasteiger partial charge < -0.3 is 14.2 Å². The molecule has 5 nitrogen and oxygen atoms in total. The van der Waals surface area contributed by atoms with Crippen molar-refractivity contribution in [2.24, 2.45) is 0 Å². The van der Waals surface area contributed by atoms with Gasteiger partial charge in [-0.2, -0.15) is 0 Å². The summed E-state index contributed by atoms with van der Waals surface area (Å²) in [6, 6.07) is 26.9. The van der Waals surface area contributed by atoms with E-state index in [-0.39, 0.29) is 5.91 Å². The summed E-state index contributed by atoms with van der Waals surface area (Å²) in [7, 11) is 0. The van der Waals surface area contributed by atoms with Crippen molar-refractivity contribution in [2.45, 2.75) is 20.0 Å². The molecule has 5 heteroatoms. The normalized spacial score (nSPS) is 14.2. The van der Waals surface area contributed by atoms with Gasteiger partial charge in [-0.3, -0.25) is 9.69 Å². The van der Waals surface area contributed by atoms with Gasteiger partial charge in [0.15, 0.2) is 0 Å². The summed E-state index contributed by atoms with van der Waals surface area (Å²) in [4.78, 5) is 18.3. The van der Waals surface area contributed by atoms with E-state index in [9.17, 15) is 4.79 Å². The van der Waals surface area contributed by atoms with Crippen molar-refractivity contribution in [3.05, 3.63) is 114 Å². The first-order valence-electron chi connectivity index (χ1n) is 12.6. The Morgan fingerprint density at radius 3 is 2.42 bits per heavy atom. The van der Waals surface area contributed by atoms with Crippen LogP contribution in [-0.2, 0) is 13.1 Å². The summed E-state index contributed by atoms with van der Waals surface area (Å²) in [6.45, 7) is 11.0. The molecule has 0 spiro atoms. The third kappa shape index (κ3) is 5.07. The van der Waals surface area contributed by atoms with Crippen LogP contribution in [0.4, 0.5) is 0 Å². The van der Waals surface area contributed by atoms with E-state index in [0.29, 0.717) is 18.8 Å². The lowest BCUT2D eigenvalue weighted by molar-refractivity contribution is 0.0619. The van der Waals surface area contributed by atoms with Crippen LogP contribution < -0.4 is 4.74 Å². The fraction of sp³-hybridized carbons (Fsp3) is 0.258. The zero-order chi connectivity index (χ0) is 24.9. The average molecular weight is 480 g/mol. The second-order valence-electron chi connectivity index (χ2n) is 9.38. The van der Waals surface area contributed by atoms with Gasteiger partial charge in [-0.1, -0.05) is 73.3 Å². The molecule has 1 aliphatic heterocycles. The van der Waals surface area contributed by atoms with Crippen LogP contribution in [0.3, 0.4) is 0 Å².